The molecule has 1 fully saturated rings. The number of methoxy groups -OCH3 is 1. The van der Waals surface area contributed by atoms with Crippen molar-refractivity contribution in [3.05, 3.63) is 34.4 Å². The number of likely N-dealkylation sites (tertiary alicyclic amines) is 1. The summed E-state index contributed by atoms with van der Waals surface area (Å²) in [5.41, 5.74) is 4.93. The number of benzene rings is 1. The maximum Gasteiger partial charge on any atom is 0.315 e. The van der Waals surface area contributed by atoms with Crippen LogP contribution in [0.15, 0.2) is 12.1 Å². The van der Waals surface area contributed by atoms with Crippen LogP contribution >= 0.6 is 0 Å². The van der Waals surface area contributed by atoms with Gasteiger partial charge < -0.3 is 20.3 Å². The van der Waals surface area contributed by atoms with Crippen LogP contribution in [0.1, 0.15) is 35.1 Å². The molecule has 1 heterocycles. The van der Waals surface area contributed by atoms with Crippen LogP contribution in [-0.4, -0.2) is 50.3 Å². The van der Waals surface area contributed by atoms with E-state index in [1.165, 1.54) is 22.3 Å². The lowest BCUT2D eigenvalue weighted by Crippen LogP contribution is -2.43. The fourth-order valence-electron chi connectivity index (χ4n) is 3.42. The lowest BCUT2D eigenvalue weighted by atomic mass is 10.00. The van der Waals surface area contributed by atoms with Gasteiger partial charge in [-0.05, 0) is 50.3 Å². The predicted molar refractivity (Wildman–Crippen MR) is 97.4 cm³/mol. The van der Waals surface area contributed by atoms with Gasteiger partial charge in [0.1, 0.15) is 0 Å². The molecule has 2 rings (SSSR count). The number of hydrogen-bond donors (Lipinski definition) is 2. The third-order valence-electron chi connectivity index (χ3n) is 4.85. The molecule has 1 aromatic carbocycles. The average molecular weight is 333 g/mol. The lowest BCUT2D eigenvalue weighted by molar-refractivity contribution is 0.0416. The average Bonchev–Trinajstić information content (AvgIpc) is 2.54. The summed E-state index contributed by atoms with van der Waals surface area (Å²) in [4.78, 5) is 14.4. The van der Waals surface area contributed by atoms with Gasteiger partial charge in [-0.2, -0.15) is 0 Å². The summed E-state index contributed by atoms with van der Waals surface area (Å²) < 4.78 is 5.38. The predicted octanol–water partition coefficient (Wildman–Crippen LogP) is 2.52. The number of nitrogens with one attached hydrogen (secondary N) is 2. The van der Waals surface area contributed by atoms with Gasteiger partial charge in [0.25, 0.3) is 0 Å². The molecule has 2 N–H and O–H groups in total. The van der Waals surface area contributed by atoms with Crippen LogP contribution < -0.4 is 10.6 Å². The molecule has 1 saturated heterocycles. The molecule has 0 atom stereocenters. The van der Waals surface area contributed by atoms with Crippen LogP contribution in [0.5, 0.6) is 0 Å². The van der Waals surface area contributed by atoms with Crippen molar-refractivity contribution in [1.82, 2.24) is 15.5 Å². The summed E-state index contributed by atoms with van der Waals surface area (Å²) >= 11 is 0. The first kappa shape index (κ1) is 18.7. The van der Waals surface area contributed by atoms with Gasteiger partial charge in [-0.3, -0.25) is 0 Å². The Labute approximate surface area is 145 Å². The van der Waals surface area contributed by atoms with E-state index in [0.717, 1.165) is 32.5 Å². The number of aryl methyl sites for hydroxylation is 3. The van der Waals surface area contributed by atoms with Crippen molar-refractivity contribution in [2.45, 2.75) is 46.3 Å². The molecule has 0 aromatic heterocycles. The summed E-state index contributed by atoms with van der Waals surface area (Å²) in [5.74, 6) is 0. The Morgan fingerprint density at radius 1 is 1.17 bits per heavy atom. The third-order valence-corrected chi connectivity index (χ3v) is 4.85. The van der Waals surface area contributed by atoms with Gasteiger partial charge in [-0.25, -0.2) is 4.79 Å². The molecule has 134 valence electrons. The van der Waals surface area contributed by atoms with Crippen molar-refractivity contribution < 1.29 is 9.53 Å². The number of nitrogens with zero attached hydrogens (tertiary/aromatic N) is 1. The van der Waals surface area contributed by atoms with Crippen molar-refractivity contribution in [3.63, 3.8) is 0 Å². The Balaban J connectivity index is 1.67. The molecule has 2 amide bonds. The van der Waals surface area contributed by atoms with Gasteiger partial charge in [-0.15, -0.1) is 0 Å². The highest BCUT2D eigenvalue weighted by Gasteiger charge is 2.18. The van der Waals surface area contributed by atoms with Crippen LogP contribution in [-0.2, 0) is 11.3 Å². The number of ether oxygens (including phenoxy) is 1. The summed E-state index contributed by atoms with van der Waals surface area (Å²) in [6.45, 7) is 10.5. The zero-order chi connectivity index (χ0) is 17.5. The number of carbonyl (C=O) groups excluding carboxylic acids is 1. The monoisotopic (exact) mass is 333 g/mol. The number of piperidine rings is 1. The van der Waals surface area contributed by atoms with Gasteiger partial charge in [0.15, 0.2) is 0 Å². The van der Waals surface area contributed by atoms with Crippen molar-refractivity contribution >= 4 is 6.03 Å². The second kappa shape index (κ2) is 9.04. The normalized spacial score (nSPS) is 16.2. The van der Waals surface area contributed by atoms with E-state index in [1.807, 2.05) is 0 Å². The number of amides is 2. The first-order valence-electron chi connectivity index (χ1n) is 8.83. The van der Waals surface area contributed by atoms with Gasteiger partial charge >= 0.3 is 6.03 Å². The molecule has 5 nitrogen and oxygen atoms in total. The summed E-state index contributed by atoms with van der Waals surface area (Å²) in [6, 6.07) is 4.22. The summed E-state index contributed by atoms with van der Waals surface area (Å²) in [5, 5.41) is 5.92. The highest BCUT2D eigenvalue weighted by Crippen LogP contribution is 2.16. The van der Waals surface area contributed by atoms with E-state index in [9.17, 15) is 4.79 Å². The topological polar surface area (TPSA) is 53.6 Å². The van der Waals surface area contributed by atoms with Crippen molar-refractivity contribution in [2.24, 2.45) is 0 Å². The number of urea groups is 1. The van der Waals surface area contributed by atoms with Crippen LogP contribution in [0.4, 0.5) is 4.79 Å². The van der Waals surface area contributed by atoms with E-state index < -0.39 is 0 Å². The Morgan fingerprint density at radius 3 is 2.38 bits per heavy atom. The molecule has 5 heteroatoms. The minimum Gasteiger partial charge on any atom is -0.381 e. The number of carbonyl (C=O) groups is 1. The molecule has 0 radical (unpaired) electrons. The van der Waals surface area contributed by atoms with E-state index in [1.54, 1.807) is 7.11 Å². The molecule has 24 heavy (non-hydrogen) atoms. The Bertz CT molecular complexity index is 529. The maximum atomic E-state index is 12.0. The highest BCUT2D eigenvalue weighted by molar-refractivity contribution is 5.73. The molecular formula is C19H31N3O2. The van der Waals surface area contributed by atoms with E-state index >= 15 is 0 Å². The summed E-state index contributed by atoms with van der Waals surface area (Å²) in [7, 11) is 1.78. The standard InChI is InChI=1S/C19H31N3O2/c1-14-11-15(2)18(16(3)12-14)13-21-19(23)20-7-10-22-8-5-17(24-4)6-9-22/h11-12,17H,5-10,13H2,1-4H3,(H2,20,21,23). The second-order valence-electron chi connectivity index (χ2n) is 6.76. The molecule has 0 aliphatic carbocycles. The zero-order valence-electron chi connectivity index (χ0n) is 15.4. The van der Waals surface area contributed by atoms with Crippen LogP contribution in [0, 0.1) is 20.8 Å². The smallest absolute Gasteiger partial charge is 0.315 e. The molecule has 1 aliphatic rings. The Morgan fingerprint density at radius 2 is 1.79 bits per heavy atom. The SMILES string of the molecule is COC1CCN(CCNC(=O)NCc2c(C)cc(C)cc2C)CC1. The number of rotatable bonds is 6. The second-order valence-corrected chi connectivity index (χ2v) is 6.76. The number of hydrogen-bond acceptors (Lipinski definition) is 3. The minimum atomic E-state index is -0.0962. The quantitative estimate of drug-likeness (QED) is 0.841. The van der Waals surface area contributed by atoms with Crippen LogP contribution in [0.3, 0.4) is 0 Å². The molecule has 0 unspecified atom stereocenters. The maximum absolute atomic E-state index is 12.0. The fraction of sp³-hybridized carbons (Fsp3) is 0.632. The molecule has 0 saturated carbocycles. The highest BCUT2D eigenvalue weighted by atomic mass is 16.5. The van der Waals surface area contributed by atoms with Gasteiger partial charge in [0.05, 0.1) is 6.10 Å². The van der Waals surface area contributed by atoms with E-state index in [0.29, 0.717) is 19.2 Å². The van der Waals surface area contributed by atoms with Gasteiger partial charge in [0.2, 0.25) is 0 Å². The van der Waals surface area contributed by atoms with E-state index in [-0.39, 0.29) is 6.03 Å². The van der Waals surface area contributed by atoms with Gasteiger partial charge in [0, 0.05) is 39.8 Å². The van der Waals surface area contributed by atoms with Crippen LogP contribution in [0.2, 0.25) is 0 Å². The molecular weight excluding hydrogens is 302 g/mol. The zero-order valence-corrected chi connectivity index (χ0v) is 15.4. The van der Waals surface area contributed by atoms with Crippen molar-refractivity contribution in [2.75, 3.05) is 33.3 Å². The first-order chi connectivity index (χ1) is 11.5. The van der Waals surface area contributed by atoms with Crippen molar-refractivity contribution in [3.8, 4) is 0 Å². The molecule has 1 aliphatic heterocycles. The lowest BCUT2D eigenvalue weighted by Gasteiger charge is -2.31. The summed E-state index contributed by atoms with van der Waals surface area (Å²) in [6.07, 6.45) is 2.56. The molecule has 1 aromatic rings. The molecule has 0 spiro atoms. The van der Waals surface area contributed by atoms with E-state index in [4.69, 9.17) is 4.74 Å². The Hall–Kier alpha value is -1.59. The first-order valence-corrected chi connectivity index (χ1v) is 8.83. The minimum absolute atomic E-state index is 0.0962. The van der Waals surface area contributed by atoms with E-state index in [2.05, 4.69) is 48.4 Å². The van der Waals surface area contributed by atoms with Crippen molar-refractivity contribution in [1.29, 1.82) is 0 Å². The fourth-order valence-corrected chi connectivity index (χ4v) is 3.42. The van der Waals surface area contributed by atoms with Crippen LogP contribution in [0.25, 0.3) is 0 Å². The molecule has 0 bridgehead atoms. The third kappa shape index (κ3) is 5.49. The Kier molecular flexibility index (Phi) is 7.06. The largest absolute Gasteiger partial charge is 0.381 e. The van der Waals surface area contributed by atoms with Gasteiger partial charge in [-0.1, -0.05) is 17.7 Å².